The van der Waals surface area contributed by atoms with Gasteiger partial charge >= 0.3 is 0 Å². The maximum absolute atomic E-state index is 5.64. The number of ether oxygens (including phenoxy) is 1. The number of fused-ring (bicyclic) bond motifs is 2. The molecule has 128 valence electrons. The van der Waals surface area contributed by atoms with Gasteiger partial charge in [0.15, 0.2) is 0 Å². The van der Waals surface area contributed by atoms with E-state index in [0.717, 1.165) is 47.1 Å². The van der Waals surface area contributed by atoms with Gasteiger partial charge in [-0.15, -0.1) is 0 Å². The summed E-state index contributed by atoms with van der Waals surface area (Å²) in [4.78, 5) is 13.6. The molecule has 6 nitrogen and oxygen atoms in total. The largest absolute Gasteiger partial charge is 0.493 e. The van der Waals surface area contributed by atoms with Crippen LogP contribution >= 0.6 is 0 Å². The first-order valence-corrected chi connectivity index (χ1v) is 8.57. The standard InChI is InChI=1S/C20H17N5O/c1-21-17-12-15(5-8-22-17)19-18(24-20-23-7-2-9-25(19)20)14-3-4-16-13(11-14)6-10-26-16/h2-5,7-9,11-12H,6,10H2,1H3,(H,21,22). The van der Waals surface area contributed by atoms with Gasteiger partial charge in [-0.1, -0.05) is 0 Å². The van der Waals surface area contributed by atoms with Gasteiger partial charge in [0.05, 0.1) is 18.0 Å². The Morgan fingerprint density at radius 1 is 1.08 bits per heavy atom. The number of imidazole rings is 1. The molecule has 1 aliphatic rings. The fourth-order valence-electron chi connectivity index (χ4n) is 3.41. The van der Waals surface area contributed by atoms with Gasteiger partial charge in [-0.05, 0) is 42.0 Å². The predicted octanol–water partition coefficient (Wildman–Crippen LogP) is 3.43. The zero-order valence-electron chi connectivity index (χ0n) is 14.3. The fourth-order valence-corrected chi connectivity index (χ4v) is 3.41. The zero-order valence-corrected chi connectivity index (χ0v) is 14.3. The number of pyridine rings is 1. The zero-order chi connectivity index (χ0) is 17.5. The van der Waals surface area contributed by atoms with Crippen LogP contribution < -0.4 is 10.1 Å². The summed E-state index contributed by atoms with van der Waals surface area (Å²) in [6, 6.07) is 12.2. The van der Waals surface area contributed by atoms with Crippen LogP contribution in [0.25, 0.3) is 28.3 Å². The van der Waals surface area contributed by atoms with Crippen LogP contribution in [-0.2, 0) is 6.42 Å². The van der Waals surface area contributed by atoms with Crippen LogP contribution in [0, 0.1) is 0 Å². The second kappa shape index (κ2) is 5.84. The van der Waals surface area contributed by atoms with Crippen molar-refractivity contribution in [3.63, 3.8) is 0 Å². The second-order valence-electron chi connectivity index (χ2n) is 6.20. The van der Waals surface area contributed by atoms with E-state index < -0.39 is 0 Å². The van der Waals surface area contributed by atoms with Gasteiger partial charge in [-0.25, -0.2) is 15.0 Å². The van der Waals surface area contributed by atoms with Crippen molar-refractivity contribution < 1.29 is 4.74 Å². The van der Waals surface area contributed by atoms with Gasteiger partial charge in [-0.2, -0.15) is 0 Å². The van der Waals surface area contributed by atoms with E-state index in [0.29, 0.717) is 5.78 Å². The van der Waals surface area contributed by atoms with E-state index in [1.807, 2.05) is 41.9 Å². The van der Waals surface area contributed by atoms with Gasteiger partial charge in [0.2, 0.25) is 5.78 Å². The lowest BCUT2D eigenvalue weighted by molar-refractivity contribution is 0.357. The summed E-state index contributed by atoms with van der Waals surface area (Å²) in [6.07, 6.45) is 6.49. The number of rotatable bonds is 3. The average Bonchev–Trinajstić information content (AvgIpc) is 3.31. The monoisotopic (exact) mass is 343 g/mol. The molecule has 0 spiro atoms. The summed E-state index contributed by atoms with van der Waals surface area (Å²) in [7, 11) is 1.86. The normalized spacial score (nSPS) is 12.8. The quantitative estimate of drug-likeness (QED) is 0.617. The number of aromatic nitrogens is 4. The molecule has 0 radical (unpaired) electrons. The first kappa shape index (κ1) is 14.9. The summed E-state index contributed by atoms with van der Waals surface area (Å²) in [5.41, 5.74) is 5.25. The van der Waals surface area contributed by atoms with E-state index >= 15 is 0 Å². The number of benzene rings is 1. The van der Waals surface area contributed by atoms with E-state index in [2.05, 4.69) is 27.4 Å². The van der Waals surface area contributed by atoms with Crippen molar-refractivity contribution in [2.24, 2.45) is 0 Å². The Hall–Kier alpha value is -3.41. The Morgan fingerprint density at radius 2 is 2.04 bits per heavy atom. The minimum absolute atomic E-state index is 0.678. The molecule has 5 rings (SSSR count). The van der Waals surface area contributed by atoms with Crippen molar-refractivity contribution in [1.29, 1.82) is 0 Å². The molecular weight excluding hydrogens is 326 g/mol. The minimum Gasteiger partial charge on any atom is -0.493 e. The highest BCUT2D eigenvalue weighted by atomic mass is 16.5. The summed E-state index contributed by atoms with van der Waals surface area (Å²) >= 11 is 0. The Kier molecular flexibility index (Phi) is 3.35. The molecule has 6 heteroatoms. The molecule has 0 saturated heterocycles. The van der Waals surface area contributed by atoms with E-state index in [1.165, 1.54) is 5.56 Å². The van der Waals surface area contributed by atoms with Crippen molar-refractivity contribution in [2.45, 2.75) is 6.42 Å². The Bertz CT molecular complexity index is 1120. The average molecular weight is 343 g/mol. The van der Waals surface area contributed by atoms with Crippen molar-refractivity contribution in [1.82, 2.24) is 19.4 Å². The van der Waals surface area contributed by atoms with Gasteiger partial charge in [0.25, 0.3) is 0 Å². The van der Waals surface area contributed by atoms with Gasteiger partial charge in [-0.3, -0.25) is 4.40 Å². The van der Waals surface area contributed by atoms with Crippen LogP contribution in [0.2, 0.25) is 0 Å². The number of nitrogens with one attached hydrogen (secondary N) is 1. The highest BCUT2D eigenvalue weighted by molar-refractivity contribution is 5.82. The molecule has 0 atom stereocenters. The van der Waals surface area contributed by atoms with Crippen molar-refractivity contribution >= 4 is 11.6 Å². The Morgan fingerprint density at radius 3 is 2.96 bits per heavy atom. The lowest BCUT2D eigenvalue weighted by atomic mass is 10.0. The smallest absolute Gasteiger partial charge is 0.234 e. The fraction of sp³-hybridized carbons (Fsp3) is 0.150. The van der Waals surface area contributed by atoms with E-state index in [4.69, 9.17) is 9.72 Å². The SMILES string of the molecule is CNc1cc(-c2c(-c3ccc4c(c3)CCO4)nc3ncccn23)ccn1. The molecule has 0 bridgehead atoms. The molecule has 0 amide bonds. The molecule has 4 aromatic rings. The lowest BCUT2D eigenvalue weighted by Gasteiger charge is -2.08. The minimum atomic E-state index is 0.678. The molecule has 1 aromatic carbocycles. The Balaban J connectivity index is 1.77. The predicted molar refractivity (Wildman–Crippen MR) is 100 cm³/mol. The maximum atomic E-state index is 5.64. The van der Waals surface area contributed by atoms with Crippen molar-refractivity contribution in [3.8, 4) is 28.3 Å². The van der Waals surface area contributed by atoms with Crippen LogP contribution in [-0.4, -0.2) is 33.0 Å². The molecular formula is C20H17N5O. The van der Waals surface area contributed by atoms with Gasteiger partial charge < -0.3 is 10.1 Å². The highest BCUT2D eigenvalue weighted by Crippen LogP contribution is 2.36. The summed E-state index contributed by atoms with van der Waals surface area (Å²) in [6.45, 7) is 0.744. The van der Waals surface area contributed by atoms with E-state index in [9.17, 15) is 0 Å². The molecule has 26 heavy (non-hydrogen) atoms. The topological polar surface area (TPSA) is 64.3 Å². The third-order valence-corrected chi connectivity index (χ3v) is 4.66. The van der Waals surface area contributed by atoms with E-state index in [1.54, 1.807) is 12.4 Å². The van der Waals surface area contributed by atoms with Crippen LogP contribution in [0.5, 0.6) is 5.75 Å². The third kappa shape index (κ3) is 2.30. The van der Waals surface area contributed by atoms with Crippen molar-refractivity contribution in [2.75, 3.05) is 19.0 Å². The maximum Gasteiger partial charge on any atom is 0.234 e. The number of hydrogen-bond donors (Lipinski definition) is 1. The van der Waals surface area contributed by atoms with Crippen LogP contribution in [0.3, 0.4) is 0 Å². The van der Waals surface area contributed by atoms with Gasteiger partial charge in [0.1, 0.15) is 11.6 Å². The summed E-state index contributed by atoms with van der Waals surface area (Å²) < 4.78 is 7.66. The number of hydrogen-bond acceptors (Lipinski definition) is 5. The molecule has 0 saturated carbocycles. The highest BCUT2D eigenvalue weighted by Gasteiger charge is 2.19. The van der Waals surface area contributed by atoms with Crippen LogP contribution in [0.1, 0.15) is 5.56 Å². The molecule has 0 fully saturated rings. The molecule has 1 N–H and O–H groups in total. The van der Waals surface area contributed by atoms with E-state index in [-0.39, 0.29) is 0 Å². The Labute approximate surface area is 150 Å². The van der Waals surface area contributed by atoms with Crippen LogP contribution in [0.15, 0.2) is 55.0 Å². The van der Waals surface area contributed by atoms with Crippen LogP contribution in [0.4, 0.5) is 5.82 Å². The molecule has 4 heterocycles. The summed E-state index contributed by atoms with van der Waals surface area (Å²) in [5.74, 6) is 2.46. The molecule has 0 unspecified atom stereocenters. The second-order valence-corrected chi connectivity index (χ2v) is 6.20. The molecule has 0 aliphatic carbocycles. The lowest BCUT2D eigenvalue weighted by Crippen LogP contribution is -1.95. The first-order valence-electron chi connectivity index (χ1n) is 8.57. The molecule has 3 aromatic heterocycles. The number of nitrogens with zero attached hydrogens (tertiary/aromatic N) is 4. The third-order valence-electron chi connectivity index (χ3n) is 4.66. The summed E-state index contributed by atoms with van der Waals surface area (Å²) in [5, 5.41) is 3.10. The first-order chi connectivity index (χ1) is 12.8. The molecule has 1 aliphatic heterocycles. The van der Waals surface area contributed by atoms with Gasteiger partial charge in [0, 0.05) is 43.2 Å². The van der Waals surface area contributed by atoms with Crippen molar-refractivity contribution in [3.05, 3.63) is 60.6 Å². The number of anilines is 1.